The lowest BCUT2D eigenvalue weighted by molar-refractivity contribution is 0.169. The third-order valence-electron chi connectivity index (χ3n) is 4.39. The minimum Gasteiger partial charge on any atom is -0.469 e. The van der Waals surface area contributed by atoms with Gasteiger partial charge in [-0.2, -0.15) is 0 Å². The summed E-state index contributed by atoms with van der Waals surface area (Å²) in [6.45, 7) is 1.19. The summed E-state index contributed by atoms with van der Waals surface area (Å²) in [4.78, 5) is 0. The SMILES string of the molecule is c1coc(CC2(CNC3CC3)CCCCC2)c1. The van der Waals surface area contributed by atoms with Crippen LogP contribution in [0.25, 0.3) is 0 Å². The predicted octanol–water partition coefficient (Wildman–Crippen LogP) is 3.52. The van der Waals surface area contributed by atoms with Crippen molar-refractivity contribution in [3.8, 4) is 0 Å². The van der Waals surface area contributed by atoms with Crippen molar-refractivity contribution >= 4 is 0 Å². The molecule has 0 unspecified atom stereocenters. The van der Waals surface area contributed by atoms with Gasteiger partial charge in [0.1, 0.15) is 5.76 Å². The predicted molar refractivity (Wildman–Crippen MR) is 69.0 cm³/mol. The first kappa shape index (κ1) is 11.3. The highest BCUT2D eigenvalue weighted by Gasteiger charge is 2.34. The van der Waals surface area contributed by atoms with Crippen molar-refractivity contribution in [1.29, 1.82) is 0 Å². The van der Waals surface area contributed by atoms with Gasteiger partial charge in [0.05, 0.1) is 6.26 Å². The maximum Gasteiger partial charge on any atom is 0.104 e. The van der Waals surface area contributed by atoms with Crippen molar-refractivity contribution in [2.24, 2.45) is 5.41 Å². The van der Waals surface area contributed by atoms with Gasteiger partial charge in [-0.1, -0.05) is 19.3 Å². The Bertz CT molecular complexity index is 334. The molecule has 0 aromatic carbocycles. The number of hydrogen-bond donors (Lipinski definition) is 1. The van der Waals surface area contributed by atoms with Crippen molar-refractivity contribution in [3.63, 3.8) is 0 Å². The van der Waals surface area contributed by atoms with Crippen LogP contribution in [0.5, 0.6) is 0 Å². The molecule has 0 amide bonds. The van der Waals surface area contributed by atoms with E-state index in [1.807, 2.05) is 6.07 Å². The minimum atomic E-state index is 0.471. The van der Waals surface area contributed by atoms with E-state index in [1.54, 1.807) is 6.26 Å². The summed E-state index contributed by atoms with van der Waals surface area (Å²) in [6.07, 6.45) is 12.7. The van der Waals surface area contributed by atoms with E-state index < -0.39 is 0 Å². The summed E-state index contributed by atoms with van der Waals surface area (Å²) in [5, 5.41) is 3.74. The topological polar surface area (TPSA) is 25.2 Å². The third kappa shape index (κ3) is 2.92. The molecule has 1 aromatic rings. The molecule has 17 heavy (non-hydrogen) atoms. The van der Waals surface area contributed by atoms with Crippen LogP contribution in [-0.4, -0.2) is 12.6 Å². The van der Waals surface area contributed by atoms with Gasteiger partial charge >= 0.3 is 0 Å². The Hall–Kier alpha value is -0.760. The highest BCUT2D eigenvalue weighted by molar-refractivity contribution is 5.04. The molecule has 1 N–H and O–H groups in total. The Morgan fingerprint density at radius 2 is 2.06 bits per heavy atom. The summed E-state index contributed by atoms with van der Waals surface area (Å²) in [5.74, 6) is 1.17. The molecule has 94 valence electrons. The van der Waals surface area contributed by atoms with E-state index in [4.69, 9.17) is 4.42 Å². The van der Waals surface area contributed by atoms with E-state index in [2.05, 4.69) is 11.4 Å². The first-order valence-corrected chi connectivity index (χ1v) is 7.12. The molecule has 2 saturated carbocycles. The lowest BCUT2D eigenvalue weighted by atomic mass is 9.71. The van der Waals surface area contributed by atoms with E-state index in [1.165, 1.54) is 57.3 Å². The molecule has 0 radical (unpaired) electrons. The van der Waals surface area contributed by atoms with Gasteiger partial charge < -0.3 is 9.73 Å². The Morgan fingerprint density at radius 1 is 1.24 bits per heavy atom. The Morgan fingerprint density at radius 3 is 2.71 bits per heavy atom. The molecule has 2 fully saturated rings. The normalized spacial score (nSPS) is 23.8. The molecular weight excluding hydrogens is 210 g/mol. The van der Waals surface area contributed by atoms with Gasteiger partial charge in [0, 0.05) is 19.0 Å². The highest BCUT2D eigenvalue weighted by Crippen LogP contribution is 2.39. The minimum absolute atomic E-state index is 0.471. The summed E-state index contributed by atoms with van der Waals surface area (Å²) >= 11 is 0. The summed E-state index contributed by atoms with van der Waals surface area (Å²) < 4.78 is 5.56. The fraction of sp³-hybridized carbons (Fsp3) is 0.733. The maximum absolute atomic E-state index is 5.56. The van der Waals surface area contributed by atoms with Gasteiger partial charge in [-0.25, -0.2) is 0 Å². The molecule has 0 saturated heterocycles. The van der Waals surface area contributed by atoms with Crippen LogP contribution in [0, 0.1) is 5.41 Å². The van der Waals surface area contributed by atoms with E-state index in [0.717, 1.165) is 12.5 Å². The van der Waals surface area contributed by atoms with Gasteiger partial charge in [0.25, 0.3) is 0 Å². The molecule has 0 bridgehead atoms. The lowest BCUT2D eigenvalue weighted by Gasteiger charge is -2.37. The smallest absolute Gasteiger partial charge is 0.104 e. The highest BCUT2D eigenvalue weighted by atomic mass is 16.3. The van der Waals surface area contributed by atoms with Gasteiger partial charge in [-0.3, -0.25) is 0 Å². The summed E-state index contributed by atoms with van der Waals surface area (Å²) in [6, 6.07) is 4.97. The second kappa shape index (κ2) is 4.85. The zero-order valence-corrected chi connectivity index (χ0v) is 10.6. The van der Waals surface area contributed by atoms with E-state index in [0.29, 0.717) is 5.41 Å². The van der Waals surface area contributed by atoms with Crippen LogP contribution in [0.3, 0.4) is 0 Å². The molecule has 1 aromatic heterocycles. The van der Waals surface area contributed by atoms with Crippen LogP contribution in [-0.2, 0) is 6.42 Å². The fourth-order valence-corrected chi connectivity index (χ4v) is 3.15. The largest absolute Gasteiger partial charge is 0.469 e. The van der Waals surface area contributed by atoms with Gasteiger partial charge in [0.2, 0.25) is 0 Å². The van der Waals surface area contributed by atoms with E-state index >= 15 is 0 Å². The van der Waals surface area contributed by atoms with Gasteiger partial charge in [-0.15, -0.1) is 0 Å². The molecule has 2 nitrogen and oxygen atoms in total. The Balaban J connectivity index is 1.65. The van der Waals surface area contributed by atoms with Crippen LogP contribution < -0.4 is 5.32 Å². The summed E-state index contributed by atoms with van der Waals surface area (Å²) in [7, 11) is 0. The number of nitrogens with one attached hydrogen (secondary N) is 1. The van der Waals surface area contributed by atoms with Crippen LogP contribution in [0.2, 0.25) is 0 Å². The third-order valence-corrected chi connectivity index (χ3v) is 4.39. The monoisotopic (exact) mass is 233 g/mol. The fourth-order valence-electron chi connectivity index (χ4n) is 3.15. The van der Waals surface area contributed by atoms with E-state index in [-0.39, 0.29) is 0 Å². The molecule has 2 aliphatic rings. The van der Waals surface area contributed by atoms with Crippen LogP contribution >= 0.6 is 0 Å². The van der Waals surface area contributed by atoms with Crippen molar-refractivity contribution in [1.82, 2.24) is 5.32 Å². The molecule has 2 heteroatoms. The first-order chi connectivity index (χ1) is 8.36. The standard InChI is InChI=1S/C15H23NO/c1-2-8-15(9-3-1,12-16-13-6-7-13)11-14-5-4-10-17-14/h4-5,10,13,16H,1-3,6-9,11-12H2. The van der Waals surface area contributed by atoms with Crippen LogP contribution in [0.15, 0.2) is 22.8 Å². The first-order valence-electron chi connectivity index (χ1n) is 7.12. The average Bonchev–Trinajstić information content (AvgIpc) is 3.06. The zero-order valence-electron chi connectivity index (χ0n) is 10.6. The van der Waals surface area contributed by atoms with E-state index in [9.17, 15) is 0 Å². The molecular formula is C15H23NO. The summed E-state index contributed by atoms with van der Waals surface area (Å²) in [5.41, 5.74) is 0.471. The second-order valence-corrected chi connectivity index (χ2v) is 5.97. The molecule has 0 atom stereocenters. The molecule has 0 spiro atoms. The van der Waals surface area contributed by atoms with Crippen molar-refractivity contribution in [2.45, 2.75) is 57.4 Å². The van der Waals surface area contributed by atoms with Crippen molar-refractivity contribution < 1.29 is 4.42 Å². The lowest BCUT2D eigenvalue weighted by Crippen LogP contribution is -2.38. The van der Waals surface area contributed by atoms with Gasteiger partial charge in [0.15, 0.2) is 0 Å². The van der Waals surface area contributed by atoms with Crippen LogP contribution in [0.4, 0.5) is 0 Å². The molecule has 0 aliphatic heterocycles. The zero-order chi connectivity index (χ0) is 11.6. The number of hydrogen-bond acceptors (Lipinski definition) is 2. The molecule has 2 aliphatic carbocycles. The number of rotatable bonds is 5. The van der Waals surface area contributed by atoms with Gasteiger partial charge in [-0.05, 0) is 43.2 Å². The average molecular weight is 233 g/mol. The quantitative estimate of drug-likeness (QED) is 0.841. The molecule has 3 rings (SSSR count). The maximum atomic E-state index is 5.56. The van der Waals surface area contributed by atoms with Crippen LogP contribution in [0.1, 0.15) is 50.7 Å². The number of furan rings is 1. The Labute approximate surface area is 104 Å². The molecule has 1 heterocycles. The second-order valence-electron chi connectivity index (χ2n) is 5.97. The van der Waals surface area contributed by atoms with Crippen molar-refractivity contribution in [2.75, 3.05) is 6.54 Å². The Kier molecular flexibility index (Phi) is 3.24. The van der Waals surface area contributed by atoms with Crippen molar-refractivity contribution in [3.05, 3.63) is 24.2 Å².